The van der Waals surface area contributed by atoms with Crippen LogP contribution in [-0.4, -0.2) is 4.98 Å². The summed E-state index contributed by atoms with van der Waals surface area (Å²) in [7, 11) is 0. The summed E-state index contributed by atoms with van der Waals surface area (Å²) in [4.78, 5) is 4.02. The normalized spacial score (nSPS) is 10.3. The van der Waals surface area contributed by atoms with Gasteiger partial charge in [0.25, 0.3) is 0 Å². The first kappa shape index (κ1) is 9.88. The molecule has 0 amide bonds. The van der Waals surface area contributed by atoms with Crippen molar-refractivity contribution in [3.63, 3.8) is 0 Å². The van der Waals surface area contributed by atoms with Gasteiger partial charge in [0.15, 0.2) is 0 Å². The van der Waals surface area contributed by atoms with Gasteiger partial charge in [-0.25, -0.2) is 9.37 Å². The summed E-state index contributed by atoms with van der Waals surface area (Å²) in [6, 6.07) is 6.18. The predicted molar refractivity (Wildman–Crippen MR) is 56.2 cm³/mol. The van der Waals surface area contributed by atoms with Crippen LogP contribution in [0.15, 0.2) is 18.2 Å². The fraction of sp³-hybridized carbons (Fsp3) is 0.0909. The van der Waals surface area contributed by atoms with E-state index in [1.165, 1.54) is 12.1 Å². The zero-order valence-corrected chi connectivity index (χ0v) is 8.64. The first-order valence-corrected chi connectivity index (χ1v) is 4.66. The molecule has 0 bridgehead atoms. The van der Waals surface area contributed by atoms with Gasteiger partial charge in [0, 0.05) is 5.39 Å². The average Bonchev–Trinajstić information content (AvgIpc) is 2.20. The highest BCUT2D eigenvalue weighted by atomic mass is 35.5. The van der Waals surface area contributed by atoms with Crippen molar-refractivity contribution < 1.29 is 4.39 Å². The number of hydrogen-bond donors (Lipinski definition) is 0. The summed E-state index contributed by atoms with van der Waals surface area (Å²) in [5.74, 6) is -0.349. The summed E-state index contributed by atoms with van der Waals surface area (Å²) < 4.78 is 13.0. The molecule has 0 N–H and O–H groups in total. The highest BCUT2D eigenvalue weighted by molar-refractivity contribution is 6.31. The largest absolute Gasteiger partial charge is 0.235 e. The Hall–Kier alpha value is -1.66. The van der Waals surface area contributed by atoms with Gasteiger partial charge in [-0.3, -0.25) is 0 Å². The lowest BCUT2D eigenvalue weighted by Crippen LogP contribution is -1.92. The minimum absolute atomic E-state index is 0.161. The van der Waals surface area contributed by atoms with Crippen LogP contribution >= 0.6 is 11.6 Å². The Bertz CT molecular complexity index is 587. The number of halogens is 2. The van der Waals surface area contributed by atoms with Gasteiger partial charge < -0.3 is 0 Å². The highest BCUT2D eigenvalue weighted by Crippen LogP contribution is 2.25. The summed E-state index contributed by atoms with van der Waals surface area (Å²) in [5.41, 5.74) is 1.56. The Labute approximate surface area is 90.9 Å². The SMILES string of the molecule is Cc1c(C#N)c(Cl)nc2ccc(F)cc12. The lowest BCUT2D eigenvalue weighted by Gasteiger charge is -2.05. The van der Waals surface area contributed by atoms with Crippen LogP contribution in [-0.2, 0) is 0 Å². The van der Waals surface area contributed by atoms with Crippen molar-refractivity contribution in [2.45, 2.75) is 6.92 Å². The third-order valence-electron chi connectivity index (χ3n) is 2.27. The summed E-state index contributed by atoms with van der Waals surface area (Å²) in [6.07, 6.45) is 0. The molecular weight excluding hydrogens is 215 g/mol. The molecule has 0 aliphatic heterocycles. The van der Waals surface area contributed by atoms with Crippen LogP contribution in [0, 0.1) is 24.1 Å². The first-order valence-electron chi connectivity index (χ1n) is 4.29. The summed E-state index contributed by atoms with van der Waals surface area (Å²) >= 11 is 5.82. The van der Waals surface area contributed by atoms with Crippen LogP contribution in [0.3, 0.4) is 0 Å². The van der Waals surface area contributed by atoms with Crippen LogP contribution in [0.25, 0.3) is 10.9 Å². The lowest BCUT2D eigenvalue weighted by molar-refractivity contribution is 0.629. The standard InChI is InChI=1S/C11H6ClFN2/c1-6-8-4-7(13)2-3-10(8)15-11(12)9(6)5-14/h2-4H,1H3. The molecule has 1 aromatic heterocycles. The fourth-order valence-electron chi connectivity index (χ4n) is 1.49. The Morgan fingerprint density at radius 3 is 2.87 bits per heavy atom. The third kappa shape index (κ3) is 1.53. The molecule has 2 nitrogen and oxygen atoms in total. The zero-order valence-electron chi connectivity index (χ0n) is 7.88. The Morgan fingerprint density at radius 2 is 2.20 bits per heavy atom. The van der Waals surface area contributed by atoms with Gasteiger partial charge in [0.05, 0.1) is 11.1 Å². The molecule has 0 atom stereocenters. The maximum atomic E-state index is 13.0. The highest BCUT2D eigenvalue weighted by Gasteiger charge is 2.10. The number of aryl methyl sites for hydroxylation is 1. The zero-order chi connectivity index (χ0) is 11.0. The van der Waals surface area contributed by atoms with Gasteiger partial charge in [0.1, 0.15) is 17.0 Å². The van der Waals surface area contributed by atoms with E-state index in [0.717, 1.165) is 0 Å². The number of pyridine rings is 1. The van der Waals surface area contributed by atoms with Crippen molar-refractivity contribution >= 4 is 22.5 Å². The van der Waals surface area contributed by atoms with E-state index in [-0.39, 0.29) is 11.0 Å². The van der Waals surface area contributed by atoms with Crippen molar-refractivity contribution in [3.05, 3.63) is 40.3 Å². The summed E-state index contributed by atoms with van der Waals surface area (Å²) in [6.45, 7) is 1.73. The average molecular weight is 221 g/mol. The van der Waals surface area contributed by atoms with Crippen molar-refractivity contribution in [3.8, 4) is 6.07 Å². The van der Waals surface area contributed by atoms with E-state index < -0.39 is 0 Å². The maximum Gasteiger partial charge on any atom is 0.147 e. The van der Waals surface area contributed by atoms with Gasteiger partial charge in [-0.05, 0) is 30.7 Å². The molecule has 2 aromatic rings. The molecule has 1 aromatic carbocycles. The molecule has 0 fully saturated rings. The number of benzene rings is 1. The Balaban J connectivity index is 2.94. The van der Waals surface area contributed by atoms with E-state index in [2.05, 4.69) is 4.98 Å². The number of fused-ring (bicyclic) bond motifs is 1. The third-order valence-corrected chi connectivity index (χ3v) is 2.55. The Morgan fingerprint density at radius 1 is 1.47 bits per heavy atom. The van der Waals surface area contributed by atoms with E-state index in [1.54, 1.807) is 13.0 Å². The fourth-order valence-corrected chi connectivity index (χ4v) is 1.76. The second-order valence-electron chi connectivity index (χ2n) is 3.18. The molecular formula is C11H6ClFN2. The van der Waals surface area contributed by atoms with E-state index in [4.69, 9.17) is 16.9 Å². The van der Waals surface area contributed by atoms with Crippen molar-refractivity contribution in [2.24, 2.45) is 0 Å². The molecule has 1 heterocycles. The topological polar surface area (TPSA) is 36.7 Å². The van der Waals surface area contributed by atoms with E-state index in [1.807, 2.05) is 6.07 Å². The van der Waals surface area contributed by atoms with Gasteiger partial charge in [-0.15, -0.1) is 0 Å². The van der Waals surface area contributed by atoms with Gasteiger partial charge >= 0.3 is 0 Å². The number of hydrogen-bond acceptors (Lipinski definition) is 2. The second-order valence-corrected chi connectivity index (χ2v) is 3.53. The molecule has 0 saturated carbocycles. The van der Waals surface area contributed by atoms with Crippen LogP contribution in [0.2, 0.25) is 5.15 Å². The number of nitrogens with zero attached hydrogens (tertiary/aromatic N) is 2. The monoisotopic (exact) mass is 220 g/mol. The Kier molecular flexibility index (Phi) is 2.29. The molecule has 0 unspecified atom stereocenters. The van der Waals surface area contributed by atoms with Crippen molar-refractivity contribution in [2.75, 3.05) is 0 Å². The molecule has 0 radical (unpaired) electrons. The van der Waals surface area contributed by atoms with E-state index in [9.17, 15) is 4.39 Å². The minimum Gasteiger partial charge on any atom is -0.235 e. The molecule has 15 heavy (non-hydrogen) atoms. The van der Waals surface area contributed by atoms with Gasteiger partial charge in [0.2, 0.25) is 0 Å². The first-order chi connectivity index (χ1) is 7.13. The van der Waals surface area contributed by atoms with Crippen molar-refractivity contribution in [1.82, 2.24) is 4.98 Å². The smallest absolute Gasteiger partial charge is 0.147 e. The quantitative estimate of drug-likeness (QED) is 0.640. The van der Waals surface area contributed by atoms with E-state index in [0.29, 0.717) is 22.0 Å². The van der Waals surface area contributed by atoms with Crippen LogP contribution in [0.1, 0.15) is 11.1 Å². The lowest BCUT2D eigenvalue weighted by atomic mass is 10.1. The van der Waals surface area contributed by atoms with Crippen molar-refractivity contribution in [1.29, 1.82) is 5.26 Å². The maximum absolute atomic E-state index is 13.0. The second kappa shape index (κ2) is 3.48. The molecule has 0 saturated heterocycles. The van der Waals surface area contributed by atoms with Crippen LogP contribution in [0.5, 0.6) is 0 Å². The predicted octanol–water partition coefficient (Wildman–Crippen LogP) is 3.21. The van der Waals surface area contributed by atoms with Gasteiger partial charge in [-0.1, -0.05) is 11.6 Å². The van der Waals surface area contributed by atoms with Crippen LogP contribution in [0.4, 0.5) is 4.39 Å². The molecule has 2 rings (SSSR count). The molecule has 0 aliphatic rings. The van der Waals surface area contributed by atoms with Gasteiger partial charge in [-0.2, -0.15) is 5.26 Å². The molecule has 0 aliphatic carbocycles. The number of nitriles is 1. The summed E-state index contributed by atoms with van der Waals surface area (Å²) in [5, 5.41) is 9.64. The van der Waals surface area contributed by atoms with Crippen LogP contribution < -0.4 is 0 Å². The molecule has 0 spiro atoms. The molecule has 74 valence electrons. The van der Waals surface area contributed by atoms with E-state index >= 15 is 0 Å². The number of rotatable bonds is 0. The molecule has 4 heteroatoms. The number of aromatic nitrogens is 1. The minimum atomic E-state index is -0.349.